The Labute approximate surface area is 126 Å². The Morgan fingerprint density at radius 3 is 0.923 bits per heavy atom. The Kier molecular flexibility index (Phi) is 25.7. The first kappa shape index (κ1) is 29.7. The molecule has 0 aromatic carbocycles. The van der Waals surface area contributed by atoms with Crippen LogP contribution < -0.4 is 19.6 Å². The maximum Gasteiger partial charge on any atom is 2.00 e. The van der Waals surface area contributed by atoms with Crippen LogP contribution in [0.1, 0.15) is 0 Å². The maximum atomic E-state index is 9.32. The summed E-state index contributed by atoms with van der Waals surface area (Å²) in [4.78, 5) is 37.3. The van der Waals surface area contributed by atoms with Crippen LogP contribution in [0.4, 0.5) is 0 Å². The molecule has 0 unspecified atom stereocenters. The van der Waals surface area contributed by atoms with E-state index < -0.39 is 15.6 Å². The smallest absolute Gasteiger partial charge is 0.790 e. The number of hydrogen-bond donors (Lipinski definition) is 0. The zero-order valence-electron chi connectivity index (χ0n) is 4.38. The van der Waals surface area contributed by atoms with Crippen molar-refractivity contribution in [1.82, 2.24) is 0 Å². The Bertz CT molecular complexity index is 163. The van der Waals surface area contributed by atoms with Crippen molar-refractivity contribution in [1.29, 1.82) is 0 Å². The predicted molar refractivity (Wildman–Crippen MR) is 33.4 cm³/mol. The van der Waals surface area contributed by atoms with E-state index in [1.165, 1.54) is 0 Å². The second-order valence-electron chi connectivity index (χ2n) is 0.976. The summed E-state index contributed by atoms with van der Waals surface area (Å²) in [7, 11) is -11.4. The van der Waals surface area contributed by atoms with E-state index in [-0.39, 0.29) is 79.1 Å². The third-order valence-corrected chi connectivity index (χ3v) is 1.80. The van der Waals surface area contributed by atoms with Gasteiger partial charge in [0.05, 0.1) is 15.6 Å². The molecule has 7 nitrogen and oxygen atoms in total. The first-order valence-corrected chi connectivity index (χ1v) is 4.38. The van der Waals surface area contributed by atoms with Crippen molar-refractivity contribution >= 4 is 61.8 Å². The number of hydrogen-bond acceptors (Lipinski definition) is 7. The van der Waals surface area contributed by atoms with Crippen molar-refractivity contribution < 1.29 is 66.0 Å². The van der Waals surface area contributed by atoms with Crippen LogP contribution in [0.25, 0.3) is 0 Å². The topological polar surface area (TPSA) is 136 Å². The van der Waals surface area contributed by atoms with Gasteiger partial charge in [0.25, 0.3) is 0 Å². The summed E-state index contributed by atoms with van der Waals surface area (Å²) in [6, 6.07) is 0. The van der Waals surface area contributed by atoms with Crippen LogP contribution in [0, 0.1) is 0 Å². The molecule has 0 radical (unpaired) electrons. The largest absolute Gasteiger partial charge is 2.00 e. The van der Waals surface area contributed by atoms with Gasteiger partial charge in [-0.3, -0.25) is 0 Å². The molecule has 13 heavy (non-hydrogen) atoms. The van der Waals surface area contributed by atoms with Crippen molar-refractivity contribution in [2.24, 2.45) is 0 Å². The fourth-order valence-electron chi connectivity index (χ4n) is 0.122. The van der Waals surface area contributed by atoms with Crippen LogP contribution in [0.2, 0.25) is 0 Å². The van der Waals surface area contributed by atoms with Gasteiger partial charge in [0.2, 0.25) is 0 Å². The quantitative estimate of drug-likeness (QED) is 0.361. The van der Waals surface area contributed by atoms with Crippen molar-refractivity contribution in [3.8, 4) is 0 Å². The Morgan fingerprint density at radius 2 is 0.923 bits per heavy atom. The summed E-state index contributed by atoms with van der Waals surface area (Å²) in [5.41, 5.74) is 0. The summed E-state index contributed by atoms with van der Waals surface area (Å²) in [6.07, 6.45) is 0. The third kappa shape index (κ3) is 31.3. The second-order valence-corrected chi connectivity index (χ2v) is 3.42. The van der Waals surface area contributed by atoms with E-state index in [1.807, 2.05) is 0 Å². The van der Waals surface area contributed by atoms with E-state index in [0.717, 1.165) is 0 Å². The maximum absolute atomic E-state index is 9.32. The Morgan fingerprint density at radius 1 is 0.769 bits per heavy atom. The molecule has 0 N–H and O–H groups in total. The van der Waals surface area contributed by atoms with Crippen LogP contribution in [0.5, 0.6) is 0 Å². The molecule has 0 aromatic rings. The molecule has 0 aromatic heterocycles. The SMILES string of the molecule is O=P([O-])([O-])OP(=O)([O-])[O-].[MgH2].[MgH2].[Ni+2].[Ni+2]. The molecule has 0 aliphatic rings. The minimum absolute atomic E-state index is 0. The molecule has 80 valence electrons. The average Bonchev–Trinajstić information content (AvgIpc) is 1.14. The monoisotopic (exact) mass is 342 g/mol. The Balaban J connectivity index is -0.0000000533. The van der Waals surface area contributed by atoms with Crippen LogP contribution in [0.3, 0.4) is 0 Å². The van der Waals surface area contributed by atoms with Gasteiger partial charge in [0.15, 0.2) is 0 Å². The Hall–Kier alpha value is 2.78. The molecular weight excluding hydrogens is 340 g/mol. The second kappa shape index (κ2) is 11.3. The van der Waals surface area contributed by atoms with Gasteiger partial charge in [-0.15, -0.1) is 0 Å². The first-order valence-electron chi connectivity index (χ1n) is 1.46. The third-order valence-electron chi connectivity index (χ3n) is 0.200. The van der Waals surface area contributed by atoms with Gasteiger partial charge in [-0.05, 0) is 0 Å². The molecule has 0 amide bonds. The standard InChI is InChI=1S/2Mg.2Ni.H4O7P2.4H/c;;;;1-8(2,3)7-9(4,5)6;;;;/h;;;;(H2,1,2,3)(H2,4,5,6);;;;/q;;2*+2;;;;;/p-4. The zero-order valence-corrected chi connectivity index (χ0v) is 8.15. The summed E-state index contributed by atoms with van der Waals surface area (Å²) >= 11 is 0. The van der Waals surface area contributed by atoms with Crippen molar-refractivity contribution in [2.75, 3.05) is 0 Å². The van der Waals surface area contributed by atoms with Gasteiger partial charge in [-0.1, -0.05) is 0 Å². The summed E-state index contributed by atoms with van der Waals surface area (Å²) in [5.74, 6) is 0. The van der Waals surface area contributed by atoms with E-state index in [9.17, 15) is 28.7 Å². The summed E-state index contributed by atoms with van der Waals surface area (Å²) < 4.78 is 21.2. The molecule has 0 aliphatic heterocycles. The van der Waals surface area contributed by atoms with E-state index in [4.69, 9.17) is 0 Å². The minimum Gasteiger partial charge on any atom is -0.790 e. The van der Waals surface area contributed by atoms with Crippen LogP contribution >= 0.6 is 15.6 Å². The fourth-order valence-corrected chi connectivity index (χ4v) is 1.10. The van der Waals surface area contributed by atoms with Gasteiger partial charge in [-0.25, -0.2) is 0 Å². The molecule has 0 aliphatic carbocycles. The van der Waals surface area contributed by atoms with E-state index in [2.05, 4.69) is 4.31 Å². The van der Waals surface area contributed by atoms with E-state index >= 15 is 0 Å². The van der Waals surface area contributed by atoms with Crippen molar-refractivity contribution in [3.63, 3.8) is 0 Å². The van der Waals surface area contributed by atoms with E-state index in [0.29, 0.717) is 0 Å². The molecule has 0 saturated heterocycles. The summed E-state index contributed by atoms with van der Waals surface area (Å²) in [6.45, 7) is 0. The van der Waals surface area contributed by atoms with E-state index in [1.54, 1.807) is 0 Å². The number of phosphoric acid groups is 2. The predicted octanol–water partition coefficient (Wildman–Crippen LogP) is -5.18. The van der Waals surface area contributed by atoms with Gasteiger partial charge < -0.3 is 33.0 Å². The van der Waals surface area contributed by atoms with Gasteiger partial charge >= 0.3 is 79.1 Å². The zero-order chi connectivity index (χ0) is 7.71. The molecule has 0 saturated carbocycles. The van der Waals surface area contributed by atoms with Crippen LogP contribution in [-0.2, 0) is 46.4 Å². The molecule has 0 fully saturated rings. The molecule has 0 atom stereocenters. The van der Waals surface area contributed by atoms with Crippen molar-refractivity contribution in [3.05, 3.63) is 0 Å². The minimum atomic E-state index is -5.68. The van der Waals surface area contributed by atoms with Gasteiger partial charge in [-0.2, -0.15) is 0 Å². The molecule has 0 bridgehead atoms. The molecular formula is H4Mg2Ni2O7P2. The van der Waals surface area contributed by atoms with Gasteiger partial charge in [0, 0.05) is 0 Å². The van der Waals surface area contributed by atoms with Crippen LogP contribution in [0.15, 0.2) is 0 Å². The normalized spacial score (nSPS) is 9.54. The average molecular weight is 344 g/mol. The van der Waals surface area contributed by atoms with Crippen molar-refractivity contribution in [2.45, 2.75) is 0 Å². The summed E-state index contributed by atoms with van der Waals surface area (Å²) in [5, 5.41) is 0. The van der Waals surface area contributed by atoms with Gasteiger partial charge in [0.1, 0.15) is 0 Å². The molecule has 0 heterocycles. The molecule has 0 rings (SSSR count). The fraction of sp³-hybridized carbons (Fsp3) is 0. The first-order chi connectivity index (χ1) is 3.71. The number of rotatable bonds is 2. The van der Waals surface area contributed by atoms with Crippen LogP contribution in [-0.4, -0.2) is 46.1 Å². The molecule has 13 heteroatoms. The molecule has 0 spiro atoms.